The molecule has 0 unspecified atom stereocenters. The summed E-state index contributed by atoms with van der Waals surface area (Å²) < 4.78 is 1.88. The second-order valence-corrected chi connectivity index (χ2v) is 3.94. The van der Waals surface area contributed by atoms with E-state index in [0.29, 0.717) is 13.0 Å². The number of pyridine rings is 1. The third kappa shape index (κ3) is 2.41. The minimum Gasteiger partial charge on any atom is -0.506 e. The van der Waals surface area contributed by atoms with Gasteiger partial charge >= 0.3 is 0 Å². The lowest BCUT2D eigenvalue weighted by atomic mass is 10.2. The molecule has 4 heteroatoms. The van der Waals surface area contributed by atoms with E-state index in [0.717, 1.165) is 17.5 Å². The number of aromatic hydroxyl groups is 1. The van der Waals surface area contributed by atoms with E-state index in [1.54, 1.807) is 12.1 Å². The van der Waals surface area contributed by atoms with Crippen LogP contribution in [0.3, 0.4) is 0 Å². The fraction of sp³-hybridized carbons (Fsp3) is 0.308. The van der Waals surface area contributed by atoms with E-state index < -0.39 is 0 Å². The highest BCUT2D eigenvalue weighted by Crippen LogP contribution is 2.22. The molecule has 2 N–H and O–H groups in total. The van der Waals surface area contributed by atoms with Crippen molar-refractivity contribution in [2.45, 2.75) is 19.8 Å². The molecule has 0 atom stereocenters. The Labute approximate surface area is 99.9 Å². The molecule has 90 valence electrons. The zero-order chi connectivity index (χ0) is 12.3. The Hall–Kier alpha value is -1.97. The number of nitrogens with zero attached hydrogens (tertiary/aromatic N) is 1. The number of carbonyl (C=O) groups excluding carboxylic acids is 1. The lowest BCUT2D eigenvalue weighted by Gasteiger charge is -2.04. The number of fused-ring (bicyclic) bond motifs is 1. The molecule has 0 aromatic carbocycles. The van der Waals surface area contributed by atoms with Gasteiger partial charge in [-0.05, 0) is 30.2 Å². The van der Waals surface area contributed by atoms with Gasteiger partial charge in [0.15, 0.2) is 0 Å². The number of rotatable bonds is 4. The smallest absolute Gasteiger partial charge is 0.219 e. The van der Waals surface area contributed by atoms with Gasteiger partial charge in [0, 0.05) is 25.4 Å². The maximum atomic E-state index is 11.1. The van der Waals surface area contributed by atoms with Crippen molar-refractivity contribution < 1.29 is 9.90 Å². The summed E-state index contributed by atoms with van der Waals surface area (Å²) in [7, 11) is 0. The molecule has 4 nitrogen and oxygen atoms in total. The van der Waals surface area contributed by atoms with E-state index in [1.165, 1.54) is 0 Å². The summed E-state index contributed by atoms with van der Waals surface area (Å²) >= 11 is 0. The van der Waals surface area contributed by atoms with Crippen molar-refractivity contribution in [3.05, 3.63) is 36.2 Å². The lowest BCUT2D eigenvalue weighted by molar-refractivity contribution is -0.120. The number of amides is 1. The monoisotopic (exact) mass is 232 g/mol. The first-order chi connectivity index (χ1) is 8.22. The largest absolute Gasteiger partial charge is 0.506 e. The van der Waals surface area contributed by atoms with E-state index in [-0.39, 0.29) is 11.7 Å². The predicted octanol–water partition coefficient (Wildman–Crippen LogP) is 1.71. The first-order valence-corrected chi connectivity index (χ1v) is 5.76. The number of hydrogen-bond donors (Lipinski definition) is 2. The molecule has 0 radical (unpaired) electrons. The predicted molar refractivity (Wildman–Crippen MR) is 66.1 cm³/mol. The number of aromatic nitrogens is 1. The maximum Gasteiger partial charge on any atom is 0.219 e. The Morgan fingerprint density at radius 1 is 1.41 bits per heavy atom. The summed E-state index contributed by atoms with van der Waals surface area (Å²) in [5.41, 5.74) is 1.86. The molecule has 2 rings (SSSR count). The molecule has 0 saturated heterocycles. The van der Waals surface area contributed by atoms with Gasteiger partial charge < -0.3 is 14.8 Å². The average molecular weight is 232 g/mol. The van der Waals surface area contributed by atoms with E-state index >= 15 is 0 Å². The Morgan fingerprint density at radius 3 is 3.00 bits per heavy atom. The van der Waals surface area contributed by atoms with E-state index in [2.05, 4.69) is 5.32 Å². The Bertz CT molecular complexity index is 531. The van der Waals surface area contributed by atoms with Crippen molar-refractivity contribution in [1.29, 1.82) is 0 Å². The maximum absolute atomic E-state index is 11.1. The van der Waals surface area contributed by atoms with Crippen LogP contribution in [0.1, 0.15) is 18.9 Å². The van der Waals surface area contributed by atoms with Gasteiger partial charge in [-0.25, -0.2) is 0 Å². The molecule has 0 aliphatic rings. The second kappa shape index (κ2) is 4.91. The van der Waals surface area contributed by atoms with Crippen LogP contribution in [0, 0.1) is 0 Å². The zero-order valence-corrected chi connectivity index (χ0v) is 9.81. The van der Waals surface area contributed by atoms with Gasteiger partial charge in [0.25, 0.3) is 0 Å². The quantitative estimate of drug-likeness (QED) is 0.843. The van der Waals surface area contributed by atoms with Crippen LogP contribution in [0.5, 0.6) is 5.75 Å². The summed E-state index contributed by atoms with van der Waals surface area (Å²) in [4.78, 5) is 11.1. The van der Waals surface area contributed by atoms with Crippen LogP contribution in [0.25, 0.3) is 5.52 Å². The van der Waals surface area contributed by atoms with E-state index in [1.807, 2.05) is 29.8 Å². The Kier molecular flexibility index (Phi) is 3.32. The molecule has 0 saturated carbocycles. The fourth-order valence-electron chi connectivity index (χ4n) is 1.88. The first kappa shape index (κ1) is 11.5. The normalized spacial score (nSPS) is 10.6. The Morgan fingerprint density at radius 2 is 2.24 bits per heavy atom. The standard InChI is InChI=1S/C13H16N2O2/c1-2-12(17)14-7-5-10-6-9-15-8-3-4-11(16)13(10)15/h3-4,6,8-9,16H,2,5,7H2,1H3,(H,14,17). The molecule has 0 fully saturated rings. The third-order valence-electron chi connectivity index (χ3n) is 2.78. The van der Waals surface area contributed by atoms with E-state index in [9.17, 15) is 9.90 Å². The SMILES string of the molecule is CCC(=O)NCCc1ccn2cccc(O)c12. The first-order valence-electron chi connectivity index (χ1n) is 5.76. The van der Waals surface area contributed by atoms with Crippen LogP contribution in [-0.4, -0.2) is 22.0 Å². The molecule has 2 aromatic heterocycles. The van der Waals surface area contributed by atoms with Gasteiger partial charge in [-0.2, -0.15) is 0 Å². The van der Waals surface area contributed by atoms with Gasteiger partial charge in [-0.15, -0.1) is 0 Å². The summed E-state index contributed by atoms with van der Waals surface area (Å²) in [5, 5.41) is 12.6. The molecule has 2 heterocycles. The van der Waals surface area contributed by atoms with Gasteiger partial charge in [0.1, 0.15) is 5.75 Å². The van der Waals surface area contributed by atoms with Crippen LogP contribution in [0.2, 0.25) is 0 Å². The van der Waals surface area contributed by atoms with Crippen LogP contribution >= 0.6 is 0 Å². The van der Waals surface area contributed by atoms with Gasteiger partial charge in [0.05, 0.1) is 5.52 Å². The van der Waals surface area contributed by atoms with Gasteiger partial charge in [-0.1, -0.05) is 6.92 Å². The van der Waals surface area contributed by atoms with Crippen LogP contribution in [-0.2, 0) is 11.2 Å². The van der Waals surface area contributed by atoms with Crippen molar-refractivity contribution >= 4 is 11.4 Å². The highest BCUT2D eigenvalue weighted by molar-refractivity contribution is 5.75. The summed E-state index contributed by atoms with van der Waals surface area (Å²) in [6, 6.07) is 5.43. The third-order valence-corrected chi connectivity index (χ3v) is 2.78. The molecule has 0 aliphatic carbocycles. The second-order valence-electron chi connectivity index (χ2n) is 3.94. The number of nitrogens with one attached hydrogen (secondary N) is 1. The minimum absolute atomic E-state index is 0.0535. The molecular formula is C13H16N2O2. The molecule has 0 spiro atoms. The van der Waals surface area contributed by atoms with Crippen molar-refractivity contribution in [2.24, 2.45) is 0 Å². The van der Waals surface area contributed by atoms with Gasteiger partial charge in [-0.3, -0.25) is 4.79 Å². The molecule has 1 amide bonds. The molecular weight excluding hydrogens is 216 g/mol. The van der Waals surface area contributed by atoms with Crippen molar-refractivity contribution in [3.63, 3.8) is 0 Å². The molecule has 0 aliphatic heterocycles. The minimum atomic E-state index is 0.0535. The zero-order valence-electron chi connectivity index (χ0n) is 9.81. The fourth-order valence-corrected chi connectivity index (χ4v) is 1.88. The molecule has 0 bridgehead atoms. The highest BCUT2D eigenvalue weighted by Gasteiger charge is 2.06. The topological polar surface area (TPSA) is 53.7 Å². The average Bonchev–Trinajstić information content (AvgIpc) is 2.74. The molecule has 2 aromatic rings. The lowest BCUT2D eigenvalue weighted by Crippen LogP contribution is -2.24. The van der Waals surface area contributed by atoms with Crippen molar-refractivity contribution in [1.82, 2.24) is 9.72 Å². The summed E-state index contributed by atoms with van der Waals surface area (Å²) in [6.07, 6.45) is 5.02. The van der Waals surface area contributed by atoms with Crippen molar-refractivity contribution in [3.8, 4) is 5.75 Å². The van der Waals surface area contributed by atoms with Crippen LogP contribution in [0.4, 0.5) is 0 Å². The molecule has 17 heavy (non-hydrogen) atoms. The Balaban J connectivity index is 2.11. The number of hydrogen-bond acceptors (Lipinski definition) is 2. The van der Waals surface area contributed by atoms with Gasteiger partial charge in [0.2, 0.25) is 5.91 Å². The van der Waals surface area contributed by atoms with E-state index in [4.69, 9.17) is 0 Å². The van der Waals surface area contributed by atoms with Crippen LogP contribution in [0.15, 0.2) is 30.6 Å². The summed E-state index contributed by atoms with van der Waals surface area (Å²) in [6.45, 7) is 2.43. The van der Waals surface area contributed by atoms with Crippen molar-refractivity contribution in [2.75, 3.05) is 6.54 Å². The number of carbonyl (C=O) groups is 1. The van der Waals surface area contributed by atoms with Crippen LogP contribution < -0.4 is 5.32 Å². The highest BCUT2D eigenvalue weighted by atomic mass is 16.3. The summed E-state index contributed by atoms with van der Waals surface area (Å²) in [5.74, 6) is 0.326.